The van der Waals surface area contributed by atoms with Crippen molar-refractivity contribution >= 4 is 22.8 Å². The van der Waals surface area contributed by atoms with Gasteiger partial charge in [-0.2, -0.15) is 0 Å². The molecule has 2 aliphatic heterocycles. The lowest BCUT2D eigenvalue weighted by Gasteiger charge is -2.37. The molecule has 1 fully saturated rings. The molecule has 0 amide bonds. The number of ether oxygens (including phenoxy) is 3. The van der Waals surface area contributed by atoms with Gasteiger partial charge in [0.05, 0.1) is 49.2 Å². The number of allylic oxidation sites excluding steroid dienone is 3. The highest BCUT2D eigenvalue weighted by Gasteiger charge is 2.43. The van der Waals surface area contributed by atoms with E-state index in [-0.39, 0.29) is 17.8 Å². The quantitative estimate of drug-likeness (QED) is 0.479. The standard InChI is InChI=1S/C30H31N3O5/c1-17-26(30(35)38-19-10-12-37-13-11-19)27(21-7-5-8-22-29(21)32-16-31-22)28-23(33-17)14-18(15-24(28)34)20-6-3-4-9-25(20)36-2/h3-9,16,18-19,27,33H,10-15H2,1-2H3,(H,31,32). The third-order valence-corrected chi connectivity index (χ3v) is 7.86. The Morgan fingerprint density at radius 3 is 2.66 bits per heavy atom. The molecule has 0 spiro atoms. The summed E-state index contributed by atoms with van der Waals surface area (Å²) in [6.07, 6.45) is 3.73. The number of aromatic amines is 1. The maximum absolute atomic E-state index is 14.0. The van der Waals surface area contributed by atoms with Crippen molar-refractivity contribution in [2.24, 2.45) is 0 Å². The number of fused-ring (bicyclic) bond motifs is 1. The summed E-state index contributed by atoms with van der Waals surface area (Å²) >= 11 is 0. The average molecular weight is 514 g/mol. The van der Waals surface area contributed by atoms with E-state index in [1.807, 2.05) is 49.4 Å². The Labute approximate surface area is 221 Å². The fourth-order valence-corrected chi connectivity index (χ4v) is 6.07. The van der Waals surface area contributed by atoms with Gasteiger partial charge < -0.3 is 24.5 Å². The van der Waals surface area contributed by atoms with E-state index in [2.05, 4.69) is 15.3 Å². The zero-order valence-electron chi connectivity index (χ0n) is 21.6. The number of methoxy groups -OCH3 is 1. The number of aromatic nitrogens is 2. The van der Waals surface area contributed by atoms with Crippen molar-refractivity contribution in [3.63, 3.8) is 0 Å². The second-order valence-electron chi connectivity index (χ2n) is 10.1. The Morgan fingerprint density at radius 1 is 1.05 bits per heavy atom. The van der Waals surface area contributed by atoms with Crippen molar-refractivity contribution in [1.29, 1.82) is 0 Å². The van der Waals surface area contributed by atoms with Crippen LogP contribution < -0.4 is 10.1 Å². The van der Waals surface area contributed by atoms with Gasteiger partial charge in [-0.05, 0) is 36.6 Å². The van der Waals surface area contributed by atoms with Crippen LogP contribution in [0.15, 0.2) is 71.3 Å². The highest BCUT2D eigenvalue weighted by molar-refractivity contribution is 6.05. The van der Waals surface area contributed by atoms with Gasteiger partial charge in [0.1, 0.15) is 11.9 Å². The van der Waals surface area contributed by atoms with Crippen LogP contribution in [0.1, 0.15) is 55.6 Å². The lowest BCUT2D eigenvalue weighted by atomic mass is 9.71. The molecule has 3 aromatic rings. The summed E-state index contributed by atoms with van der Waals surface area (Å²) in [6.45, 7) is 3.03. The summed E-state index contributed by atoms with van der Waals surface area (Å²) in [5, 5.41) is 3.44. The van der Waals surface area contributed by atoms with Crippen LogP contribution in [0.3, 0.4) is 0 Å². The average Bonchev–Trinajstić information content (AvgIpc) is 3.42. The number of nitrogens with zero attached hydrogens (tertiary/aromatic N) is 1. The van der Waals surface area contributed by atoms with Gasteiger partial charge in [0.2, 0.25) is 0 Å². The fraction of sp³-hybridized carbons (Fsp3) is 0.367. The summed E-state index contributed by atoms with van der Waals surface area (Å²) < 4.78 is 17.0. The van der Waals surface area contributed by atoms with Crippen molar-refractivity contribution in [3.8, 4) is 5.75 Å². The number of ketones is 1. The Bertz CT molecular complexity index is 1460. The van der Waals surface area contributed by atoms with Crippen LogP contribution >= 0.6 is 0 Å². The molecule has 1 aromatic heterocycles. The van der Waals surface area contributed by atoms with Crippen molar-refractivity contribution < 1.29 is 23.8 Å². The third-order valence-electron chi connectivity index (χ3n) is 7.86. The number of nitrogens with one attached hydrogen (secondary N) is 2. The number of Topliss-reactive ketones (excluding diaryl/α,β-unsaturated/α-hetero) is 1. The molecule has 8 heteroatoms. The molecule has 2 N–H and O–H groups in total. The molecule has 1 aliphatic carbocycles. The van der Waals surface area contributed by atoms with E-state index >= 15 is 0 Å². The minimum atomic E-state index is -0.572. The number of rotatable bonds is 5. The van der Waals surface area contributed by atoms with Gasteiger partial charge in [0.15, 0.2) is 5.78 Å². The maximum Gasteiger partial charge on any atom is 0.337 e. The molecular weight excluding hydrogens is 482 g/mol. The molecule has 3 aliphatic rings. The Balaban J connectivity index is 1.44. The van der Waals surface area contributed by atoms with Crippen molar-refractivity contribution in [1.82, 2.24) is 15.3 Å². The zero-order valence-corrected chi connectivity index (χ0v) is 21.6. The Kier molecular flexibility index (Phi) is 6.49. The molecule has 2 unspecified atom stereocenters. The van der Waals surface area contributed by atoms with Gasteiger partial charge in [0.25, 0.3) is 0 Å². The number of benzene rings is 2. The third kappa shape index (κ3) is 4.28. The van der Waals surface area contributed by atoms with Crippen LogP contribution in [0.4, 0.5) is 0 Å². The van der Waals surface area contributed by atoms with Gasteiger partial charge in [-0.3, -0.25) is 4.79 Å². The second-order valence-corrected chi connectivity index (χ2v) is 10.1. The molecule has 0 saturated carbocycles. The molecule has 6 rings (SSSR count). The van der Waals surface area contributed by atoms with Crippen LogP contribution in [-0.4, -0.2) is 48.1 Å². The molecule has 2 atom stereocenters. The summed E-state index contributed by atoms with van der Waals surface area (Å²) in [5.74, 6) is -0.218. The summed E-state index contributed by atoms with van der Waals surface area (Å²) in [6, 6.07) is 13.7. The van der Waals surface area contributed by atoms with Crippen LogP contribution in [-0.2, 0) is 19.1 Å². The molecule has 38 heavy (non-hydrogen) atoms. The smallest absolute Gasteiger partial charge is 0.337 e. The molecule has 3 heterocycles. The zero-order chi connectivity index (χ0) is 26.2. The van der Waals surface area contributed by atoms with Gasteiger partial charge in [0, 0.05) is 42.1 Å². The van der Waals surface area contributed by atoms with Crippen LogP contribution in [0.25, 0.3) is 11.0 Å². The highest BCUT2D eigenvalue weighted by Crippen LogP contribution is 2.48. The van der Waals surface area contributed by atoms with Crippen molar-refractivity contribution in [3.05, 3.63) is 82.5 Å². The first kappa shape index (κ1) is 24.4. The number of imidazole rings is 1. The topological polar surface area (TPSA) is 103 Å². The van der Waals surface area contributed by atoms with E-state index in [9.17, 15) is 9.59 Å². The van der Waals surface area contributed by atoms with Gasteiger partial charge in [-0.1, -0.05) is 30.3 Å². The number of carbonyl (C=O) groups is 2. The first-order valence-corrected chi connectivity index (χ1v) is 13.1. The first-order chi connectivity index (χ1) is 18.5. The molecule has 196 valence electrons. The summed E-state index contributed by atoms with van der Waals surface area (Å²) in [7, 11) is 1.65. The number of para-hydroxylation sites is 2. The predicted octanol–water partition coefficient (Wildman–Crippen LogP) is 4.66. The fourth-order valence-electron chi connectivity index (χ4n) is 6.07. The van der Waals surface area contributed by atoms with Crippen LogP contribution in [0.5, 0.6) is 5.75 Å². The van der Waals surface area contributed by atoms with E-state index < -0.39 is 11.9 Å². The largest absolute Gasteiger partial charge is 0.496 e. The van der Waals surface area contributed by atoms with Gasteiger partial charge in [-0.25, -0.2) is 9.78 Å². The van der Waals surface area contributed by atoms with E-state index in [1.165, 1.54) is 0 Å². The second kappa shape index (κ2) is 10.1. The Morgan fingerprint density at radius 2 is 1.84 bits per heavy atom. The normalized spacial score (nSPS) is 22.3. The van der Waals surface area contributed by atoms with E-state index in [1.54, 1.807) is 13.4 Å². The predicted molar refractivity (Wildman–Crippen MR) is 142 cm³/mol. The number of esters is 1. The van der Waals surface area contributed by atoms with Crippen LogP contribution in [0, 0.1) is 0 Å². The molecule has 0 bridgehead atoms. The summed E-state index contributed by atoms with van der Waals surface area (Å²) in [4.78, 5) is 35.4. The highest BCUT2D eigenvalue weighted by atomic mass is 16.6. The molecule has 1 saturated heterocycles. The van der Waals surface area contributed by atoms with Crippen molar-refractivity contribution in [2.75, 3.05) is 20.3 Å². The number of H-pyrrole nitrogens is 1. The molecule has 0 radical (unpaired) electrons. The van der Waals surface area contributed by atoms with E-state index in [0.717, 1.165) is 33.6 Å². The van der Waals surface area contributed by atoms with Gasteiger partial charge in [-0.15, -0.1) is 0 Å². The number of hydrogen-bond donors (Lipinski definition) is 2. The minimum absolute atomic E-state index is 0.0102. The van der Waals surface area contributed by atoms with E-state index in [4.69, 9.17) is 14.2 Å². The lowest BCUT2D eigenvalue weighted by molar-refractivity contribution is -0.148. The Hall–Kier alpha value is -3.91. The summed E-state index contributed by atoms with van der Waals surface area (Å²) in [5.41, 5.74) is 6.06. The lowest BCUT2D eigenvalue weighted by Crippen LogP contribution is -2.37. The number of hydrogen-bond acceptors (Lipinski definition) is 7. The van der Waals surface area contributed by atoms with Crippen molar-refractivity contribution in [2.45, 2.75) is 50.5 Å². The first-order valence-electron chi connectivity index (χ1n) is 13.1. The van der Waals surface area contributed by atoms with E-state index in [0.29, 0.717) is 55.7 Å². The van der Waals surface area contributed by atoms with Crippen LogP contribution in [0.2, 0.25) is 0 Å². The monoisotopic (exact) mass is 513 g/mol. The number of dihydropyridines is 1. The molecular formula is C30H31N3O5. The van der Waals surface area contributed by atoms with Gasteiger partial charge >= 0.3 is 5.97 Å². The minimum Gasteiger partial charge on any atom is -0.496 e. The SMILES string of the molecule is COc1ccccc1C1CC(=O)C2=C(C1)NC(C)=C(C(=O)OC1CCOCC1)C2c1cccc2[nH]cnc12. The molecule has 2 aromatic carbocycles. The number of carbonyl (C=O) groups excluding carboxylic acids is 2. The molecule has 8 nitrogen and oxygen atoms in total. The maximum atomic E-state index is 14.0.